The smallest absolute Gasteiger partial charge is 0.225 e. The number of piperidine rings is 1. The van der Waals surface area contributed by atoms with Gasteiger partial charge < -0.3 is 55.1 Å². The highest BCUT2D eigenvalue weighted by Crippen LogP contribution is 2.39. The Hall–Kier alpha value is -6.34. The van der Waals surface area contributed by atoms with Crippen LogP contribution in [0.15, 0.2) is 92.2 Å². The van der Waals surface area contributed by atoms with Crippen molar-refractivity contribution in [2.24, 2.45) is 86.6 Å². The Morgan fingerprint density at radius 3 is 1.34 bits per heavy atom. The number of morpholine rings is 3. The van der Waals surface area contributed by atoms with Gasteiger partial charge in [-0.15, -0.1) is 0 Å². The van der Waals surface area contributed by atoms with Crippen molar-refractivity contribution in [1.82, 2.24) is 50.0 Å². The van der Waals surface area contributed by atoms with Crippen molar-refractivity contribution in [3.05, 3.63) is 103 Å². The summed E-state index contributed by atoms with van der Waals surface area (Å²) in [6.45, 7) is 90.6. The first kappa shape index (κ1) is 133. The molecule has 0 spiro atoms. The lowest BCUT2D eigenvalue weighted by Gasteiger charge is -2.36. The number of carbonyl (C=O) groups is 8. The van der Waals surface area contributed by atoms with Crippen molar-refractivity contribution in [2.75, 3.05) is 152 Å². The third-order valence-electron chi connectivity index (χ3n) is 26.5. The monoisotopic (exact) mass is 1920 g/mol. The van der Waals surface area contributed by atoms with Crippen LogP contribution in [0, 0.1) is 80.8 Å². The lowest BCUT2D eigenvalue weighted by molar-refractivity contribution is -0.136. The molecule has 2 saturated carbocycles. The molecule has 9 heterocycles. The van der Waals surface area contributed by atoms with Gasteiger partial charge in [-0.25, -0.2) is 0 Å². The molecule has 2 unspecified atom stereocenters. The maximum atomic E-state index is 11.7. The van der Waals surface area contributed by atoms with Crippen molar-refractivity contribution < 1.29 is 52.6 Å². The molecule has 22 nitrogen and oxygen atoms in total. The number of allylic oxidation sites excluding steroid dienone is 2. The van der Waals surface area contributed by atoms with Gasteiger partial charge in [-0.2, -0.15) is 0 Å². The molecule has 7 saturated heterocycles. The largest absolute Gasteiger partial charge is 0.379 e. The van der Waals surface area contributed by atoms with Gasteiger partial charge in [0.25, 0.3) is 0 Å². The van der Waals surface area contributed by atoms with E-state index in [-0.39, 0.29) is 108 Å². The molecule has 9 fully saturated rings. The molecule has 11 rings (SSSR count). The number of pyridine rings is 2. The zero-order chi connectivity index (χ0) is 102. The predicted molar refractivity (Wildman–Crippen MR) is 577 cm³/mol. The van der Waals surface area contributed by atoms with E-state index < -0.39 is 0 Å². The van der Waals surface area contributed by atoms with Crippen LogP contribution in [0.25, 0.3) is 5.57 Å². The second-order valence-corrected chi connectivity index (χ2v) is 45.0. The molecule has 9 aliphatic rings. The van der Waals surface area contributed by atoms with Gasteiger partial charge in [0.2, 0.25) is 11.8 Å². The minimum Gasteiger partial charge on any atom is -0.379 e. The van der Waals surface area contributed by atoms with Gasteiger partial charge in [0.05, 0.1) is 39.1 Å². The van der Waals surface area contributed by atoms with Gasteiger partial charge in [0.15, 0.2) is 0 Å². The van der Waals surface area contributed by atoms with E-state index in [1.54, 1.807) is 18.6 Å². The number of rotatable bonds is 31. The number of aromatic nitrogens is 2. The van der Waals surface area contributed by atoms with E-state index in [2.05, 4.69) is 157 Å². The van der Waals surface area contributed by atoms with Crippen LogP contribution in [0.3, 0.4) is 0 Å². The normalized spacial score (nSPS) is 18.3. The number of nitrogens with one attached hydrogen (secondary N) is 2. The Balaban J connectivity index is 0. The highest BCUT2D eigenvalue weighted by molar-refractivity contribution is 5.83. The van der Waals surface area contributed by atoms with E-state index in [1.807, 2.05) is 144 Å². The molecule has 2 amide bonds. The van der Waals surface area contributed by atoms with Crippen molar-refractivity contribution in [1.29, 1.82) is 0 Å². The zero-order valence-electron chi connectivity index (χ0n) is 91.3. The first-order valence-corrected chi connectivity index (χ1v) is 52.2. The summed E-state index contributed by atoms with van der Waals surface area (Å²) in [5.41, 5.74) is 13.6. The summed E-state index contributed by atoms with van der Waals surface area (Å²) in [4.78, 5) is 112. The Morgan fingerprint density at radius 1 is 0.489 bits per heavy atom. The molecule has 22 heteroatoms. The molecular formula is C115H209N11O11. The molecule has 137 heavy (non-hydrogen) atoms. The number of ketones is 6. The van der Waals surface area contributed by atoms with Crippen LogP contribution in [-0.4, -0.2) is 256 Å². The van der Waals surface area contributed by atoms with Gasteiger partial charge in [-0.1, -0.05) is 252 Å². The molecule has 0 aromatic carbocycles. The van der Waals surface area contributed by atoms with Crippen molar-refractivity contribution >= 4 is 52.1 Å². The molecule has 7 aliphatic heterocycles. The number of nitrogens with two attached hydrogens (primary N) is 1. The Morgan fingerprint density at radius 2 is 0.956 bits per heavy atom. The number of nitrogens with zero attached hydrogens (tertiary/aromatic N) is 8. The van der Waals surface area contributed by atoms with Gasteiger partial charge in [0.1, 0.15) is 34.7 Å². The maximum absolute atomic E-state index is 11.7. The fourth-order valence-electron chi connectivity index (χ4n) is 15.3. The third kappa shape index (κ3) is 60.6. The van der Waals surface area contributed by atoms with E-state index in [1.165, 1.54) is 81.3 Å². The summed E-state index contributed by atoms with van der Waals surface area (Å²) >= 11 is 0. The molecule has 0 radical (unpaired) electrons. The Bertz CT molecular complexity index is 3610. The SMILES string of the molecule is C.C.C=C(C1CNCCO1)C(C)(C)C.C=C(N1CCOCC1)C(C)(C)C.C=C([C@@H](N)C1CC1)C(C)(C)C.C=C(c1cccnc1)C(C)(C)C.CC(C)C(=O)CC1CCC1.CC(C)C(=O)CC1CCNC1.CC(C)C(=O)CCCN1CCCC1.CC(C)C(=O)CCCN1CCCC1=O.CC(C)C(=O)CCCN1CCOCC1.CC(C)C(=O)Cc1ccncc1.CC(C)C(=O)N(C)C1CCN(C)CC1. The van der Waals surface area contributed by atoms with Crippen molar-refractivity contribution in [2.45, 2.75) is 348 Å². The summed E-state index contributed by atoms with van der Waals surface area (Å²) in [6, 6.07) is 8.43. The summed E-state index contributed by atoms with van der Waals surface area (Å²) in [5, 5.41) is 6.57. The first-order valence-electron chi connectivity index (χ1n) is 52.2. The quantitative estimate of drug-likeness (QED) is 0.0593. The van der Waals surface area contributed by atoms with Gasteiger partial charge >= 0.3 is 0 Å². The molecule has 0 bridgehead atoms. The lowest BCUT2D eigenvalue weighted by Crippen LogP contribution is -2.45. The average Bonchev–Trinajstić information content (AvgIpc) is 1.64. The van der Waals surface area contributed by atoms with E-state index in [4.69, 9.17) is 19.9 Å². The molecule has 3 atom stereocenters. The number of hydrogen-bond donors (Lipinski definition) is 3. The molecule has 2 aromatic rings. The van der Waals surface area contributed by atoms with Crippen molar-refractivity contribution in [3.63, 3.8) is 0 Å². The summed E-state index contributed by atoms with van der Waals surface area (Å²) < 4.78 is 16.1. The Labute approximate surface area is 839 Å². The van der Waals surface area contributed by atoms with Crippen LogP contribution in [0.2, 0.25) is 0 Å². The van der Waals surface area contributed by atoms with Crippen LogP contribution in [0.5, 0.6) is 0 Å². The average molecular weight is 1920 g/mol. The fraction of sp³-hybridized carbons (Fsp3) is 0.774. The standard InChI is InChI=1S/C11H22N2O.C11H19NO2.C11H21NO2.C11H21NO.C11H15N.2C10H19NO.C10H13NO.C10H19N.C9H17NO.C9H16O.2CH4/c1-9(2)11(14)13(4)10-5-7-12(3)8-6-10;1-9(2)10(13)5-3-7-12-8-4-6-11(12)14;1-10(2)11(13)4-3-5-12-6-8-14-9-7-12;1-10(2)11(13)6-5-9-12-7-3-4-8-12;1-9(11(2,3)4)10-6-5-7-12-8-10;1-9(10(2,3)4)11-5-7-12-8-6-11;1-8(10(2,3)4)9-7-11-5-6-12-9;1-8(2)10(12)7-9-3-5-11-6-4-9;1-7(10(2,3)4)9(11)8-5-6-8;1-7(2)9(11)5-8-3-4-10-6-8;1-7(2)9(10)6-8-4-3-5-8;;/h9-10H,5-8H2,1-4H3;9H,3-8H2,1-2H3;10H,3-9H2,1-2H3;10H,3-9H2,1-2H3;5-8H,1H2,2-4H3;1,5-8H2,2-4H3;9,11H,1,5-7H2,2-4H3;3-6,8H,7H2,1-2H3;8-9H,1,5-6,11H2,2-4H3;7-8,10H,3-6H2,1-2H3;7-8H,3-6H2,1-2H3;2*1H4/t;;;;;;;;9-;;;;/m........1..../s1. The number of carbonyl (C=O) groups excluding carboxylic acids is 8. The van der Waals surface area contributed by atoms with Crippen LogP contribution in [0.4, 0.5) is 0 Å². The number of ether oxygens (including phenoxy) is 3. The molecule has 790 valence electrons. The number of hydrogen-bond acceptors (Lipinski definition) is 20. The van der Waals surface area contributed by atoms with Crippen LogP contribution >= 0.6 is 0 Å². The second-order valence-electron chi connectivity index (χ2n) is 45.0. The van der Waals surface area contributed by atoms with Crippen LogP contribution in [0.1, 0.15) is 334 Å². The highest BCUT2D eigenvalue weighted by atomic mass is 16.5. The lowest BCUT2D eigenvalue weighted by atomic mass is 9.80. The fourth-order valence-corrected chi connectivity index (χ4v) is 15.3. The molecular weight excluding hydrogens is 1710 g/mol. The summed E-state index contributed by atoms with van der Waals surface area (Å²) in [6.07, 6.45) is 28.7. The maximum Gasteiger partial charge on any atom is 0.225 e. The summed E-state index contributed by atoms with van der Waals surface area (Å²) in [7, 11) is 4.08. The Kier molecular flexibility index (Phi) is 68.9. The number of amides is 2. The second kappa shape index (κ2) is 71.2. The molecule has 2 aliphatic carbocycles. The van der Waals surface area contributed by atoms with Crippen LogP contribution in [-0.2, 0) is 59.0 Å². The predicted octanol–water partition coefficient (Wildman–Crippen LogP) is 21.9. The van der Waals surface area contributed by atoms with E-state index in [9.17, 15) is 38.4 Å². The van der Waals surface area contributed by atoms with Gasteiger partial charge in [-0.3, -0.25) is 53.2 Å². The summed E-state index contributed by atoms with van der Waals surface area (Å²) in [5.74, 6) is 6.14. The minimum atomic E-state index is 0. The minimum absolute atomic E-state index is 0. The van der Waals surface area contributed by atoms with E-state index >= 15 is 0 Å². The highest BCUT2D eigenvalue weighted by Gasteiger charge is 2.35. The van der Waals surface area contributed by atoms with Crippen molar-refractivity contribution in [3.8, 4) is 0 Å². The van der Waals surface area contributed by atoms with E-state index in [0.717, 1.165) is 217 Å². The third-order valence-corrected chi connectivity index (χ3v) is 26.5. The number of likely N-dealkylation sites (tertiary alicyclic amines) is 3. The molecule has 4 N–H and O–H groups in total. The zero-order valence-corrected chi connectivity index (χ0v) is 91.3. The van der Waals surface area contributed by atoms with Gasteiger partial charge in [0, 0.05) is 194 Å². The topological polar surface area (TPSA) is 260 Å². The van der Waals surface area contributed by atoms with Crippen LogP contribution < -0.4 is 16.4 Å². The first-order chi connectivity index (χ1) is 63.1. The van der Waals surface area contributed by atoms with E-state index in [0.29, 0.717) is 60.1 Å². The number of Topliss-reactive ketones (excluding diaryl/α,β-unsaturated/α-hetero) is 6. The van der Waals surface area contributed by atoms with Gasteiger partial charge in [-0.05, 0) is 205 Å². The molecule has 2 aromatic heterocycles.